The molecule has 0 aliphatic rings. The molecule has 1 aromatic rings. The van der Waals surface area contributed by atoms with Crippen LogP contribution >= 0.6 is 27.5 Å². The third-order valence-corrected chi connectivity index (χ3v) is 6.00. The van der Waals surface area contributed by atoms with Gasteiger partial charge in [0.25, 0.3) is 0 Å². The molecule has 116 valence electrons. The van der Waals surface area contributed by atoms with Crippen LogP contribution in [0.1, 0.15) is 24.2 Å². The summed E-state index contributed by atoms with van der Waals surface area (Å²) < 4.78 is 26.7. The third-order valence-electron chi connectivity index (χ3n) is 2.72. The minimum absolute atomic E-state index is 0.0405. The fourth-order valence-corrected chi connectivity index (χ4v) is 4.18. The number of hydrogen-bond acceptors (Lipinski definition) is 3. The number of sulfonamides is 1. The summed E-state index contributed by atoms with van der Waals surface area (Å²) in [4.78, 5) is 11.0. The van der Waals surface area contributed by atoms with E-state index in [1.807, 2.05) is 0 Å². The van der Waals surface area contributed by atoms with Crippen LogP contribution in [0, 0.1) is 0 Å². The van der Waals surface area contributed by atoms with Gasteiger partial charge < -0.3 is 5.11 Å². The van der Waals surface area contributed by atoms with Crippen molar-refractivity contribution in [3.05, 3.63) is 39.8 Å². The molecule has 0 fully saturated rings. The Kier molecular flexibility index (Phi) is 5.98. The molecule has 0 saturated heterocycles. The highest BCUT2D eigenvalue weighted by Crippen LogP contribution is 2.31. The van der Waals surface area contributed by atoms with Gasteiger partial charge in [-0.2, -0.15) is 4.31 Å². The SMILES string of the molecule is C=CCN(C(C)C)S(=O)(=O)c1cc(Br)c(Cl)c(C(=O)O)c1. The van der Waals surface area contributed by atoms with Crippen molar-refractivity contribution < 1.29 is 18.3 Å². The maximum Gasteiger partial charge on any atom is 0.337 e. The molecular formula is C13H15BrClNO4S. The Labute approximate surface area is 137 Å². The second-order valence-corrected chi connectivity index (χ2v) is 7.65. The van der Waals surface area contributed by atoms with Crippen LogP contribution in [0.15, 0.2) is 34.2 Å². The van der Waals surface area contributed by atoms with Gasteiger partial charge in [-0.1, -0.05) is 17.7 Å². The number of nitrogens with zero attached hydrogens (tertiary/aromatic N) is 1. The number of rotatable bonds is 6. The highest BCUT2D eigenvalue weighted by molar-refractivity contribution is 9.10. The number of carboxylic acids is 1. The highest BCUT2D eigenvalue weighted by atomic mass is 79.9. The summed E-state index contributed by atoms with van der Waals surface area (Å²) in [6.07, 6.45) is 1.47. The number of halogens is 2. The maximum absolute atomic E-state index is 12.6. The zero-order valence-corrected chi connectivity index (χ0v) is 14.7. The van der Waals surface area contributed by atoms with Crippen LogP contribution in [0.25, 0.3) is 0 Å². The molecule has 8 heteroatoms. The molecule has 0 saturated carbocycles. The van der Waals surface area contributed by atoms with Gasteiger partial charge in [0.05, 0.1) is 15.5 Å². The first kappa shape index (κ1) is 18.2. The number of aromatic carboxylic acids is 1. The minimum Gasteiger partial charge on any atom is -0.478 e. The minimum atomic E-state index is -3.85. The van der Waals surface area contributed by atoms with Gasteiger partial charge in [0, 0.05) is 17.1 Å². The molecule has 0 bridgehead atoms. The summed E-state index contributed by atoms with van der Waals surface area (Å²) in [6, 6.07) is 2.06. The molecule has 0 aromatic heterocycles. The van der Waals surface area contributed by atoms with Crippen molar-refractivity contribution in [1.82, 2.24) is 4.31 Å². The van der Waals surface area contributed by atoms with E-state index in [9.17, 15) is 13.2 Å². The van der Waals surface area contributed by atoms with E-state index in [1.165, 1.54) is 16.4 Å². The predicted octanol–water partition coefficient (Wildman–Crippen LogP) is 3.39. The first-order valence-corrected chi connectivity index (χ1v) is 8.59. The van der Waals surface area contributed by atoms with Crippen molar-refractivity contribution in [3.63, 3.8) is 0 Å². The quantitative estimate of drug-likeness (QED) is 0.748. The highest BCUT2D eigenvalue weighted by Gasteiger charge is 2.28. The maximum atomic E-state index is 12.6. The largest absolute Gasteiger partial charge is 0.478 e. The Bertz CT molecular complexity index is 673. The monoisotopic (exact) mass is 395 g/mol. The standard InChI is InChI=1S/C13H15BrClNO4S/c1-4-5-16(8(2)3)21(19,20)9-6-10(13(17)18)12(15)11(14)7-9/h4,6-8H,1,5H2,2-3H3,(H,17,18). The van der Waals surface area contributed by atoms with Gasteiger partial charge in [-0.05, 0) is 41.9 Å². The second-order valence-electron chi connectivity index (χ2n) is 4.53. The van der Waals surface area contributed by atoms with Crippen molar-refractivity contribution in [2.75, 3.05) is 6.54 Å². The molecule has 0 radical (unpaired) electrons. The van der Waals surface area contributed by atoms with E-state index in [-0.39, 0.29) is 32.5 Å². The summed E-state index contributed by atoms with van der Waals surface area (Å²) in [5.74, 6) is -1.29. The molecular weight excluding hydrogens is 382 g/mol. The number of carboxylic acid groups (broad SMARTS) is 1. The van der Waals surface area contributed by atoms with Crippen molar-refractivity contribution in [1.29, 1.82) is 0 Å². The van der Waals surface area contributed by atoms with Gasteiger partial charge in [0.2, 0.25) is 10.0 Å². The third kappa shape index (κ3) is 3.85. The lowest BCUT2D eigenvalue weighted by Crippen LogP contribution is -2.37. The average molecular weight is 397 g/mol. The van der Waals surface area contributed by atoms with E-state index in [1.54, 1.807) is 13.8 Å². The molecule has 21 heavy (non-hydrogen) atoms. The van der Waals surface area contributed by atoms with E-state index in [2.05, 4.69) is 22.5 Å². The summed E-state index contributed by atoms with van der Waals surface area (Å²) in [5.41, 5.74) is -0.271. The molecule has 0 heterocycles. The molecule has 1 aromatic carbocycles. The van der Waals surface area contributed by atoms with Crippen molar-refractivity contribution >= 4 is 43.5 Å². The normalized spacial score (nSPS) is 11.9. The summed E-state index contributed by atoms with van der Waals surface area (Å²) in [5, 5.41) is 9.06. The van der Waals surface area contributed by atoms with Crippen molar-refractivity contribution in [2.45, 2.75) is 24.8 Å². The van der Waals surface area contributed by atoms with Gasteiger partial charge >= 0.3 is 5.97 Å². The van der Waals surface area contributed by atoms with Crippen LogP contribution in [-0.2, 0) is 10.0 Å². The Morgan fingerprint density at radius 3 is 2.52 bits per heavy atom. The predicted molar refractivity (Wildman–Crippen MR) is 85.3 cm³/mol. The van der Waals surface area contributed by atoms with Crippen LogP contribution in [0.3, 0.4) is 0 Å². The number of hydrogen-bond donors (Lipinski definition) is 1. The van der Waals surface area contributed by atoms with Gasteiger partial charge in [0.1, 0.15) is 0 Å². The molecule has 1 N–H and O–H groups in total. The fraction of sp³-hybridized carbons (Fsp3) is 0.308. The van der Waals surface area contributed by atoms with Crippen LogP contribution in [-0.4, -0.2) is 36.4 Å². The van der Waals surface area contributed by atoms with E-state index in [4.69, 9.17) is 16.7 Å². The molecule has 5 nitrogen and oxygen atoms in total. The van der Waals surface area contributed by atoms with Crippen LogP contribution in [0.2, 0.25) is 5.02 Å². The smallest absolute Gasteiger partial charge is 0.337 e. The van der Waals surface area contributed by atoms with Crippen LogP contribution in [0.5, 0.6) is 0 Å². The lowest BCUT2D eigenvalue weighted by atomic mass is 10.2. The lowest BCUT2D eigenvalue weighted by molar-refractivity contribution is 0.0696. The van der Waals surface area contributed by atoms with Gasteiger partial charge in [0.15, 0.2) is 0 Å². The molecule has 0 amide bonds. The van der Waals surface area contributed by atoms with Crippen LogP contribution in [0.4, 0.5) is 0 Å². The summed E-state index contributed by atoms with van der Waals surface area (Å²) in [7, 11) is -3.85. The molecule has 0 aliphatic carbocycles. The lowest BCUT2D eigenvalue weighted by Gasteiger charge is -2.25. The molecule has 0 atom stereocenters. The van der Waals surface area contributed by atoms with Gasteiger partial charge in [-0.3, -0.25) is 0 Å². The van der Waals surface area contributed by atoms with Gasteiger partial charge in [-0.15, -0.1) is 6.58 Å². The van der Waals surface area contributed by atoms with E-state index in [0.29, 0.717) is 0 Å². The summed E-state index contributed by atoms with van der Waals surface area (Å²) >= 11 is 8.95. The number of benzene rings is 1. The summed E-state index contributed by atoms with van der Waals surface area (Å²) in [6.45, 7) is 7.12. The molecule has 0 spiro atoms. The molecule has 0 aliphatic heterocycles. The first-order valence-electron chi connectivity index (χ1n) is 5.98. The van der Waals surface area contributed by atoms with Crippen molar-refractivity contribution in [2.24, 2.45) is 0 Å². The van der Waals surface area contributed by atoms with Gasteiger partial charge in [-0.25, -0.2) is 13.2 Å². The Morgan fingerprint density at radius 2 is 2.10 bits per heavy atom. The zero-order chi connectivity index (χ0) is 16.4. The second kappa shape index (κ2) is 6.91. The zero-order valence-electron chi connectivity index (χ0n) is 11.5. The van der Waals surface area contributed by atoms with E-state index >= 15 is 0 Å². The van der Waals surface area contributed by atoms with Crippen LogP contribution < -0.4 is 0 Å². The average Bonchev–Trinajstić information content (AvgIpc) is 2.37. The molecule has 0 unspecified atom stereocenters. The Morgan fingerprint density at radius 1 is 1.52 bits per heavy atom. The Hall–Kier alpha value is -0.890. The topological polar surface area (TPSA) is 74.7 Å². The first-order chi connectivity index (χ1) is 9.62. The number of carbonyl (C=O) groups is 1. The van der Waals surface area contributed by atoms with E-state index in [0.717, 1.165) is 6.07 Å². The van der Waals surface area contributed by atoms with Crippen molar-refractivity contribution in [3.8, 4) is 0 Å². The Balaban J connectivity index is 3.51. The van der Waals surface area contributed by atoms with E-state index < -0.39 is 16.0 Å². The fourth-order valence-electron chi connectivity index (χ4n) is 1.72. The molecule has 1 rings (SSSR count).